The van der Waals surface area contributed by atoms with E-state index in [0.29, 0.717) is 24.4 Å². The molecule has 9 heteroatoms. The maximum Gasteiger partial charge on any atom is 0.314 e. The first-order chi connectivity index (χ1) is 17.2. The van der Waals surface area contributed by atoms with Crippen molar-refractivity contribution in [1.82, 2.24) is 24.7 Å². The average Bonchev–Trinajstić information content (AvgIpc) is 3.64. The molecule has 0 atom stereocenters. The Morgan fingerprint density at radius 2 is 1.78 bits per heavy atom. The minimum Gasteiger partial charge on any atom is -0.481 e. The number of methoxy groups -OCH3 is 1. The Morgan fingerprint density at radius 3 is 2.39 bits per heavy atom. The molecule has 1 aliphatic carbocycles. The lowest BCUT2D eigenvalue weighted by Crippen LogP contribution is -2.21. The largest absolute Gasteiger partial charge is 0.481 e. The van der Waals surface area contributed by atoms with Gasteiger partial charge < -0.3 is 15.2 Å². The topological polar surface area (TPSA) is 115 Å². The van der Waals surface area contributed by atoms with Gasteiger partial charge in [-0.25, -0.2) is 4.98 Å². The fourth-order valence-corrected chi connectivity index (χ4v) is 4.17. The van der Waals surface area contributed by atoms with Crippen LogP contribution in [0.25, 0.3) is 22.4 Å². The summed E-state index contributed by atoms with van der Waals surface area (Å²) in [6, 6.07) is 11.7. The molecule has 36 heavy (non-hydrogen) atoms. The molecular formula is C27H28N6O3. The maximum absolute atomic E-state index is 11.6. The number of anilines is 2. The van der Waals surface area contributed by atoms with E-state index in [0.717, 1.165) is 33.8 Å². The number of carbonyl (C=O) groups is 1. The Balaban J connectivity index is 1.38. The van der Waals surface area contributed by atoms with Crippen LogP contribution in [0.1, 0.15) is 37.9 Å². The van der Waals surface area contributed by atoms with Crippen LogP contribution in [-0.4, -0.2) is 42.9 Å². The van der Waals surface area contributed by atoms with E-state index < -0.39 is 17.0 Å². The third-order valence-corrected chi connectivity index (χ3v) is 6.92. The first kappa shape index (κ1) is 23.6. The molecule has 1 saturated carbocycles. The van der Waals surface area contributed by atoms with E-state index in [1.54, 1.807) is 30.4 Å². The normalized spacial score (nSPS) is 14.4. The third-order valence-electron chi connectivity index (χ3n) is 6.92. The highest BCUT2D eigenvalue weighted by Gasteiger charge is 2.51. The van der Waals surface area contributed by atoms with Crippen LogP contribution >= 0.6 is 0 Å². The van der Waals surface area contributed by atoms with Gasteiger partial charge in [-0.3, -0.25) is 19.4 Å². The van der Waals surface area contributed by atoms with Gasteiger partial charge in [-0.15, -0.1) is 0 Å². The van der Waals surface area contributed by atoms with Gasteiger partial charge in [0.2, 0.25) is 0 Å². The Hall–Kier alpha value is -4.11. The summed E-state index contributed by atoms with van der Waals surface area (Å²) < 4.78 is 7.26. The molecule has 3 heterocycles. The quantitative estimate of drug-likeness (QED) is 0.370. The number of aryl methyl sites for hydroxylation is 1. The zero-order valence-corrected chi connectivity index (χ0v) is 20.7. The van der Waals surface area contributed by atoms with Crippen molar-refractivity contribution < 1.29 is 14.6 Å². The van der Waals surface area contributed by atoms with Crippen molar-refractivity contribution in [3.63, 3.8) is 0 Å². The van der Waals surface area contributed by atoms with E-state index in [1.807, 2.05) is 63.5 Å². The average molecular weight is 485 g/mol. The molecular weight excluding hydrogens is 456 g/mol. The number of benzene rings is 1. The highest BCUT2D eigenvalue weighted by Crippen LogP contribution is 2.48. The Morgan fingerprint density at radius 1 is 1.06 bits per heavy atom. The number of rotatable bonds is 8. The molecule has 1 fully saturated rings. The lowest BCUT2D eigenvalue weighted by atomic mass is 9.94. The van der Waals surface area contributed by atoms with Gasteiger partial charge in [0.05, 0.1) is 41.0 Å². The third kappa shape index (κ3) is 4.22. The molecule has 4 aromatic rings. The second-order valence-electron chi connectivity index (χ2n) is 9.56. The van der Waals surface area contributed by atoms with Gasteiger partial charge in [-0.1, -0.05) is 30.3 Å². The van der Waals surface area contributed by atoms with Crippen LogP contribution in [0.2, 0.25) is 0 Å². The van der Waals surface area contributed by atoms with E-state index in [2.05, 4.69) is 25.4 Å². The van der Waals surface area contributed by atoms with Crippen LogP contribution in [0.5, 0.6) is 0 Å². The van der Waals surface area contributed by atoms with Crippen molar-refractivity contribution in [2.75, 3.05) is 12.4 Å². The molecule has 0 saturated heterocycles. The van der Waals surface area contributed by atoms with Gasteiger partial charge >= 0.3 is 5.97 Å². The summed E-state index contributed by atoms with van der Waals surface area (Å²) in [6.07, 6.45) is 8.31. The van der Waals surface area contributed by atoms with E-state index >= 15 is 0 Å². The number of aliphatic carboxylic acids is 1. The first-order valence-electron chi connectivity index (χ1n) is 11.7. The van der Waals surface area contributed by atoms with Crippen molar-refractivity contribution in [3.8, 4) is 22.4 Å². The predicted molar refractivity (Wildman–Crippen MR) is 136 cm³/mol. The van der Waals surface area contributed by atoms with E-state index in [-0.39, 0.29) is 0 Å². The van der Waals surface area contributed by atoms with Gasteiger partial charge in [0.1, 0.15) is 17.2 Å². The maximum atomic E-state index is 11.6. The van der Waals surface area contributed by atoms with Crippen LogP contribution in [-0.2, 0) is 27.6 Å². The number of pyridine rings is 1. The molecule has 0 radical (unpaired) electrons. The molecule has 0 unspecified atom stereocenters. The van der Waals surface area contributed by atoms with Crippen molar-refractivity contribution in [1.29, 1.82) is 0 Å². The molecule has 0 spiro atoms. The molecule has 0 aliphatic heterocycles. The lowest BCUT2D eigenvalue weighted by Gasteiger charge is -2.22. The number of carboxylic acid groups (broad SMARTS) is 1. The Bertz CT molecular complexity index is 1410. The number of ether oxygens (including phenoxy) is 1. The van der Waals surface area contributed by atoms with Gasteiger partial charge in [-0.2, -0.15) is 5.10 Å². The van der Waals surface area contributed by atoms with Crippen LogP contribution in [0.15, 0.2) is 61.2 Å². The Labute approximate surface area is 209 Å². The van der Waals surface area contributed by atoms with Crippen LogP contribution in [0.3, 0.4) is 0 Å². The smallest absolute Gasteiger partial charge is 0.314 e. The molecule has 184 valence electrons. The second kappa shape index (κ2) is 8.83. The summed E-state index contributed by atoms with van der Waals surface area (Å²) in [4.78, 5) is 25.2. The van der Waals surface area contributed by atoms with Gasteiger partial charge in [0, 0.05) is 25.9 Å². The van der Waals surface area contributed by atoms with E-state index in [4.69, 9.17) is 4.74 Å². The monoisotopic (exact) mass is 484 g/mol. The first-order valence-corrected chi connectivity index (χ1v) is 11.7. The summed E-state index contributed by atoms with van der Waals surface area (Å²) in [7, 11) is 3.49. The molecule has 1 aromatic carbocycles. The summed E-state index contributed by atoms with van der Waals surface area (Å²) in [5, 5.41) is 17.2. The zero-order chi connectivity index (χ0) is 25.5. The van der Waals surface area contributed by atoms with Crippen molar-refractivity contribution in [3.05, 3.63) is 72.4 Å². The molecule has 0 bridgehead atoms. The van der Waals surface area contributed by atoms with Crippen molar-refractivity contribution in [2.24, 2.45) is 7.05 Å². The van der Waals surface area contributed by atoms with Crippen LogP contribution in [0.4, 0.5) is 11.6 Å². The Kier molecular flexibility index (Phi) is 5.80. The highest BCUT2D eigenvalue weighted by atomic mass is 16.5. The molecule has 9 nitrogen and oxygen atoms in total. The van der Waals surface area contributed by atoms with Crippen molar-refractivity contribution >= 4 is 17.6 Å². The minimum absolute atomic E-state index is 0.567. The summed E-state index contributed by atoms with van der Waals surface area (Å²) in [5.41, 5.74) is 3.82. The lowest BCUT2D eigenvalue weighted by molar-refractivity contribution is -0.140. The van der Waals surface area contributed by atoms with Crippen LogP contribution in [0, 0.1) is 0 Å². The molecule has 3 aromatic heterocycles. The van der Waals surface area contributed by atoms with E-state index in [1.165, 1.54) is 0 Å². The minimum atomic E-state index is -0.748. The number of hydrogen-bond acceptors (Lipinski definition) is 7. The molecule has 1 aliphatic rings. The van der Waals surface area contributed by atoms with E-state index in [9.17, 15) is 9.90 Å². The molecule has 0 amide bonds. The van der Waals surface area contributed by atoms with Crippen molar-refractivity contribution in [2.45, 2.75) is 37.7 Å². The van der Waals surface area contributed by atoms with Gasteiger partial charge in [0.15, 0.2) is 0 Å². The summed E-state index contributed by atoms with van der Waals surface area (Å²) in [6.45, 7) is 3.87. The standard InChI is InChI=1S/C27H28N6O3/c1-26(2,36-4)22-15-28-16-23(31-22)32-24-20(14-30-33(24)3)21-10-7-18(13-29-21)17-5-8-19(9-6-17)27(11-12-27)25(34)35/h5-10,13-16H,11-12H2,1-4H3,(H,31,32)(H,34,35). The number of carboxylic acids is 1. The zero-order valence-electron chi connectivity index (χ0n) is 20.7. The van der Waals surface area contributed by atoms with Crippen LogP contribution < -0.4 is 5.32 Å². The number of aromatic nitrogens is 5. The molecule has 5 rings (SSSR count). The number of nitrogens with zero attached hydrogens (tertiary/aromatic N) is 5. The SMILES string of the molecule is COC(C)(C)c1cncc(Nc2c(-c3ccc(-c4ccc(C5(C(=O)O)CC5)cc4)cn3)cnn2C)n1. The highest BCUT2D eigenvalue weighted by molar-refractivity contribution is 5.85. The fourth-order valence-electron chi connectivity index (χ4n) is 4.17. The second-order valence-corrected chi connectivity index (χ2v) is 9.56. The van der Waals surface area contributed by atoms with Gasteiger partial charge in [0.25, 0.3) is 0 Å². The van der Waals surface area contributed by atoms with Gasteiger partial charge in [-0.05, 0) is 43.9 Å². The molecule has 2 N–H and O–H groups in total. The summed E-state index contributed by atoms with van der Waals surface area (Å²) in [5.74, 6) is 0.570. The number of hydrogen-bond donors (Lipinski definition) is 2. The predicted octanol–water partition coefficient (Wildman–Crippen LogP) is 4.68. The fraction of sp³-hybridized carbons (Fsp3) is 0.296. The summed E-state index contributed by atoms with van der Waals surface area (Å²) >= 11 is 0. The number of nitrogens with one attached hydrogen (secondary N) is 1.